The highest BCUT2D eigenvalue weighted by Gasteiger charge is 2.12. The Bertz CT molecular complexity index is 693. The molecule has 0 spiro atoms. The van der Waals surface area contributed by atoms with Crippen molar-refractivity contribution in [2.45, 2.75) is 6.92 Å². The van der Waals surface area contributed by atoms with Gasteiger partial charge in [0.15, 0.2) is 0 Å². The lowest BCUT2D eigenvalue weighted by molar-refractivity contribution is 0.430. The van der Waals surface area contributed by atoms with Gasteiger partial charge < -0.3 is 4.52 Å². The summed E-state index contributed by atoms with van der Waals surface area (Å²) in [6.07, 6.45) is 0. The summed E-state index contributed by atoms with van der Waals surface area (Å²) in [4.78, 5) is 8.48. The van der Waals surface area contributed by atoms with E-state index in [9.17, 15) is 0 Å². The number of nitrogens with zero attached hydrogens (tertiary/aromatic N) is 3. The number of para-hydroxylation sites is 1. The van der Waals surface area contributed by atoms with Crippen LogP contribution in [-0.4, -0.2) is 15.1 Å². The largest absolute Gasteiger partial charge is 0.333 e. The van der Waals surface area contributed by atoms with Crippen molar-refractivity contribution in [2.24, 2.45) is 0 Å². The maximum Gasteiger partial charge on any atom is 0.264 e. The van der Waals surface area contributed by atoms with Crippen LogP contribution < -0.4 is 0 Å². The Morgan fingerprint density at radius 3 is 2.76 bits per heavy atom. The molecule has 0 aliphatic heterocycles. The van der Waals surface area contributed by atoms with E-state index in [2.05, 4.69) is 15.1 Å². The number of benzene rings is 1. The molecule has 5 heteroatoms. The first-order chi connectivity index (χ1) is 8.24. The first-order valence-electron chi connectivity index (χ1n) is 5.10. The minimum absolute atomic E-state index is 0.110. The Labute approximate surface area is 102 Å². The molecule has 0 aliphatic carbocycles. The van der Waals surface area contributed by atoms with Crippen molar-refractivity contribution in [3.8, 4) is 11.5 Å². The summed E-state index contributed by atoms with van der Waals surface area (Å²) in [7, 11) is 0. The number of hydrogen-bond donors (Lipinski definition) is 0. The summed E-state index contributed by atoms with van der Waals surface area (Å²) in [5.74, 6) is 0.414. The van der Waals surface area contributed by atoms with Crippen molar-refractivity contribution in [2.75, 3.05) is 0 Å². The lowest BCUT2D eigenvalue weighted by Gasteiger charge is -2.03. The maximum absolute atomic E-state index is 5.67. The van der Waals surface area contributed by atoms with Crippen LogP contribution in [0.25, 0.3) is 22.4 Å². The standard InChI is InChI=1S/C12H8ClN3O/c1-7-6-9(11-15-12(13)16-17-11)8-4-2-3-5-10(8)14-7/h2-6H,1H3. The highest BCUT2D eigenvalue weighted by atomic mass is 35.5. The van der Waals surface area contributed by atoms with Crippen LogP contribution in [0.4, 0.5) is 0 Å². The molecule has 0 radical (unpaired) electrons. The van der Waals surface area contributed by atoms with Crippen LogP contribution in [0, 0.1) is 6.92 Å². The quantitative estimate of drug-likeness (QED) is 0.660. The van der Waals surface area contributed by atoms with E-state index < -0.39 is 0 Å². The molecule has 0 atom stereocenters. The Morgan fingerprint density at radius 2 is 2.00 bits per heavy atom. The van der Waals surface area contributed by atoms with Crippen LogP contribution in [-0.2, 0) is 0 Å². The first-order valence-corrected chi connectivity index (χ1v) is 5.48. The Morgan fingerprint density at radius 1 is 1.18 bits per heavy atom. The van der Waals surface area contributed by atoms with Gasteiger partial charge in [-0.05, 0) is 35.8 Å². The van der Waals surface area contributed by atoms with Gasteiger partial charge in [-0.15, -0.1) is 0 Å². The van der Waals surface area contributed by atoms with Gasteiger partial charge in [-0.25, -0.2) is 0 Å². The van der Waals surface area contributed by atoms with E-state index in [1.54, 1.807) is 0 Å². The van der Waals surface area contributed by atoms with Gasteiger partial charge in [-0.2, -0.15) is 4.98 Å². The van der Waals surface area contributed by atoms with Crippen LogP contribution in [0.1, 0.15) is 5.69 Å². The number of fused-ring (bicyclic) bond motifs is 1. The second-order valence-corrected chi connectivity index (χ2v) is 4.03. The molecule has 0 unspecified atom stereocenters. The molecule has 0 fully saturated rings. The Balaban J connectivity index is 2.35. The average Bonchev–Trinajstić information content (AvgIpc) is 2.74. The molecule has 0 saturated carbocycles. The minimum Gasteiger partial charge on any atom is -0.333 e. The third-order valence-electron chi connectivity index (χ3n) is 2.48. The zero-order chi connectivity index (χ0) is 11.8. The van der Waals surface area contributed by atoms with Gasteiger partial charge in [0, 0.05) is 11.1 Å². The van der Waals surface area contributed by atoms with E-state index in [1.807, 2.05) is 37.3 Å². The van der Waals surface area contributed by atoms with E-state index in [1.165, 1.54) is 0 Å². The first kappa shape index (κ1) is 10.2. The summed E-state index contributed by atoms with van der Waals surface area (Å²) >= 11 is 5.67. The van der Waals surface area contributed by atoms with E-state index in [4.69, 9.17) is 16.1 Å². The number of aromatic nitrogens is 3. The fourth-order valence-corrected chi connectivity index (χ4v) is 1.91. The average molecular weight is 246 g/mol. The summed E-state index contributed by atoms with van der Waals surface area (Å²) in [6, 6.07) is 9.71. The van der Waals surface area contributed by atoms with Gasteiger partial charge in [-0.3, -0.25) is 4.98 Å². The van der Waals surface area contributed by atoms with Gasteiger partial charge in [0.25, 0.3) is 11.2 Å². The fraction of sp³-hybridized carbons (Fsp3) is 0.0833. The van der Waals surface area contributed by atoms with Gasteiger partial charge in [0.1, 0.15) is 0 Å². The topological polar surface area (TPSA) is 51.8 Å². The molecule has 0 aliphatic rings. The molecule has 0 saturated heterocycles. The highest BCUT2D eigenvalue weighted by molar-refractivity contribution is 6.28. The lowest BCUT2D eigenvalue weighted by atomic mass is 10.1. The summed E-state index contributed by atoms with van der Waals surface area (Å²) in [6.45, 7) is 1.92. The van der Waals surface area contributed by atoms with Crippen molar-refractivity contribution in [3.05, 3.63) is 41.3 Å². The van der Waals surface area contributed by atoms with E-state index in [-0.39, 0.29) is 5.28 Å². The molecule has 1 aromatic carbocycles. The van der Waals surface area contributed by atoms with E-state index >= 15 is 0 Å². The number of pyridine rings is 1. The Kier molecular flexibility index (Phi) is 2.30. The molecule has 84 valence electrons. The molecule has 0 N–H and O–H groups in total. The van der Waals surface area contributed by atoms with Crippen LogP contribution >= 0.6 is 11.6 Å². The summed E-state index contributed by atoms with van der Waals surface area (Å²) in [5.41, 5.74) is 2.65. The molecule has 2 heterocycles. The third-order valence-corrected chi connectivity index (χ3v) is 2.63. The fourth-order valence-electron chi connectivity index (χ4n) is 1.80. The molecule has 2 aromatic heterocycles. The van der Waals surface area contributed by atoms with Crippen LogP contribution in [0.2, 0.25) is 5.28 Å². The zero-order valence-corrected chi connectivity index (χ0v) is 9.77. The van der Waals surface area contributed by atoms with Gasteiger partial charge in [0.05, 0.1) is 11.1 Å². The monoisotopic (exact) mass is 245 g/mol. The zero-order valence-electron chi connectivity index (χ0n) is 9.01. The number of rotatable bonds is 1. The maximum atomic E-state index is 5.67. The molecule has 3 rings (SSSR count). The van der Waals surface area contributed by atoms with Crippen LogP contribution in [0.15, 0.2) is 34.9 Å². The molecular formula is C12H8ClN3O. The SMILES string of the molecule is Cc1cc(-c2nc(Cl)no2)c2ccccc2n1. The summed E-state index contributed by atoms with van der Waals surface area (Å²) in [5, 5.41) is 4.67. The van der Waals surface area contributed by atoms with Crippen molar-refractivity contribution in [3.63, 3.8) is 0 Å². The van der Waals surface area contributed by atoms with E-state index in [0.717, 1.165) is 22.2 Å². The van der Waals surface area contributed by atoms with Crippen molar-refractivity contribution < 1.29 is 4.52 Å². The van der Waals surface area contributed by atoms with Crippen LogP contribution in [0.3, 0.4) is 0 Å². The van der Waals surface area contributed by atoms with Gasteiger partial charge in [-0.1, -0.05) is 18.2 Å². The van der Waals surface area contributed by atoms with Crippen molar-refractivity contribution in [1.82, 2.24) is 15.1 Å². The van der Waals surface area contributed by atoms with Crippen molar-refractivity contribution >= 4 is 22.5 Å². The highest BCUT2D eigenvalue weighted by Crippen LogP contribution is 2.27. The van der Waals surface area contributed by atoms with Crippen LogP contribution in [0.5, 0.6) is 0 Å². The smallest absolute Gasteiger partial charge is 0.264 e. The molecule has 17 heavy (non-hydrogen) atoms. The third kappa shape index (κ3) is 1.76. The Hall–Kier alpha value is -1.94. The van der Waals surface area contributed by atoms with Gasteiger partial charge >= 0.3 is 0 Å². The number of hydrogen-bond acceptors (Lipinski definition) is 4. The predicted molar refractivity (Wildman–Crippen MR) is 64.8 cm³/mol. The molecule has 3 aromatic rings. The second kappa shape index (κ2) is 3.82. The molecular weight excluding hydrogens is 238 g/mol. The normalized spacial score (nSPS) is 10.9. The lowest BCUT2D eigenvalue weighted by Crippen LogP contribution is -1.88. The number of halogens is 1. The minimum atomic E-state index is 0.110. The van der Waals surface area contributed by atoms with E-state index in [0.29, 0.717) is 5.89 Å². The second-order valence-electron chi connectivity index (χ2n) is 3.70. The van der Waals surface area contributed by atoms with Crippen molar-refractivity contribution in [1.29, 1.82) is 0 Å². The predicted octanol–water partition coefficient (Wildman–Crippen LogP) is 3.25. The molecule has 4 nitrogen and oxygen atoms in total. The molecule has 0 amide bonds. The van der Waals surface area contributed by atoms with Gasteiger partial charge in [0.2, 0.25) is 0 Å². The summed E-state index contributed by atoms with van der Waals surface area (Å²) < 4.78 is 5.09. The molecule has 0 bridgehead atoms. The number of aryl methyl sites for hydroxylation is 1.